The van der Waals surface area contributed by atoms with Crippen LogP contribution in [-0.4, -0.2) is 30.5 Å². The van der Waals surface area contributed by atoms with Gasteiger partial charge in [0.25, 0.3) is 0 Å². The highest BCUT2D eigenvalue weighted by Gasteiger charge is 2.09. The maximum absolute atomic E-state index is 12.8. The van der Waals surface area contributed by atoms with E-state index >= 15 is 0 Å². The lowest BCUT2D eigenvalue weighted by Crippen LogP contribution is -2.28. The molecular weight excluding hydrogens is 307 g/mol. The number of ether oxygens (including phenoxy) is 1. The largest absolute Gasteiger partial charge is 0.492 e. The fourth-order valence-electron chi connectivity index (χ4n) is 2.37. The molecule has 0 atom stereocenters. The van der Waals surface area contributed by atoms with Crippen molar-refractivity contribution in [3.05, 3.63) is 59.9 Å². The van der Waals surface area contributed by atoms with Crippen molar-refractivity contribution in [2.45, 2.75) is 20.4 Å². The fraction of sp³-hybridized carbons (Fsp3) is 0.316. The Morgan fingerprint density at radius 1 is 1.17 bits per heavy atom. The highest BCUT2D eigenvalue weighted by Crippen LogP contribution is 2.17. The summed E-state index contributed by atoms with van der Waals surface area (Å²) in [6, 6.07) is 13.9. The summed E-state index contributed by atoms with van der Waals surface area (Å²) in [6.07, 6.45) is 0. The molecule has 4 nitrogen and oxygen atoms in total. The van der Waals surface area contributed by atoms with E-state index in [-0.39, 0.29) is 11.7 Å². The lowest BCUT2D eigenvalue weighted by atomic mass is 10.1. The van der Waals surface area contributed by atoms with Crippen LogP contribution in [0.4, 0.5) is 10.1 Å². The second kappa shape index (κ2) is 8.91. The number of rotatable bonds is 8. The molecule has 0 heterocycles. The van der Waals surface area contributed by atoms with E-state index in [0.717, 1.165) is 11.3 Å². The van der Waals surface area contributed by atoms with Gasteiger partial charge in [0.1, 0.15) is 18.2 Å². The van der Waals surface area contributed by atoms with Crippen molar-refractivity contribution in [2.75, 3.05) is 25.0 Å². The SMILES string of the molecule is CCN(Cc1ccccc1NCCOc1ccc(F)cc1)C(C)=O. The van der Waals surface area contributed by atoms with E-state index in [4.69, 9.17) is 4.74 Å². The lowest BCUT2D eigenvalue weighted by Gasteiger charge is -2.21. The number of nitrogens with one attached hydrogen (secondary N) is 1. The first kappa shape index (κ1) is 17.8. The lowest BCUT2D eigenvalue weighted by molar-refractivity contribution is -0.129. The molecule has 5 heteroatoms. The molecule has 24 heavy (non-hydrogen) atoms. The Morgan fingerprint density at radius 2 is 1.88 bits per heavy atom. The molecule has 0 aliphatic rings. The van der Waals surface area contributed by atoms with E-state index in [9.17, 15) is 9.18 Å². The average molecular weight is 330 g/mol. The molecular formula is C19H23FN2O2. The molecule has 0 saturated heterocycles. The Balaban J connectivity index is 1.88. The quantitative estimate of drug-likeness (QED) is 0.751. The fourth-order valence-corrected chi connectivity index (χ4v) is 2.37. The Hall–Kier alpha value is -2.56. The van der Waals surface area contributed by atoms with Crippen LogP contribution in [0.1, 0.15) is 19.4 Å². The third-order valence-electron chi connectivity index (χ3n) is 3.71. The summed E-state index contributed by atoms with van der Waals surface area (Å²) in [4.78, 5) is 13.4. The monoisotopic (exact) mass is 330 g/mol. The molecule has 0 bridgehead atoms. The van der Waals surface area contributed by atoms with Crippen LogP contribution in [0.2, 0.25) is 0 Å². The van der Waals surface area contributed by atoms with Crippen molar-refractivity contribution in [2.24, 2.45) is 0 Å². The van der Waals surface area contributed by atoms with Gasteiger partial charge in [-0.25, -0.2) is 4.39 Å². The van der Waals surface area contributed by atoms with Gasteiger partial charge in [-0.3, -0.25) is 4.79 Å². The summed E-state index contributed by atoms with van der Waals surface area (Å²) in [6.45, 7) is 5.87. The normalized spacial score (nSPS) is 10.3. The topological polar surface area (TPSA) is 41.6 Å². The zero-order valence-electron chi connectivity index (χ0n) is 14.1. The van der Waals surface area contributed by atoms with Gasteiger partial charge < -0.3 is 15.0 Å². The summed E-state index contributed by atoms with van der Waals surface area (Å²) < 4.78 is 18.4. The summed E-state index contributed by atoms with van der Waals surface area (Å²) in [5, 5.41) is 3.33. The minimum absolute atomic E-state index is 0.0620. The number of anilines is 1. The third-order valence-corrected chi connectivity index (χ3v) is 3.71. The molecule has 0 spiro atoms. The summed E-state index contributed by atoms with van der Waals surface area (Å²) in [5.41, 5.74) is 2.05. The standard InChI is InChI=1S/C19H23FN2O2/c1-3-22(15(2)23)14-16-6-4-5-7-19(16)21-12-13-24-18-10-8-17(20)9-11-18/h4-11,21H,3,12-14H2,1-2H3. The van der Waals surface area contributed by atoms with Crippen LogP contribution >= 0.6 is 0 Å². The first-order valence-corrected chi connectivity index (χ1v) is 8.05. The molecule has 0 aliphatic carbocycles. The highest BCUT2D eigenvalue weighted by atomic mass is 19.1. The number of carbonyl (C=O) groups excluding carboxylic acids is 1. The van der Waals surface area contributed by atoms with Gasteiger partial charge in [0.15, 0.2) is 0 Å². The Morgan fingerprint density at radius 3 is 2.54 bits per heavy atom. The zero-order chi connectivity index (χ0) is 17.4. The molecule has 0 aliphatic heterocycles. The number of benzene rings is 2. The first-order chi connectivity index (χ1) is 11.6. The zero-order valence-corrected chi connectivity index (χ0v) is 14.1. The van der Waals surface area contributed by atoms with Crippen molar-refractivity contribution in [3.8, 4) is 5.75 Å². The highest BCUT2D eigenvalue weighted by molar-refractivity contribution is 5.73. The summed E-state index contributed by atoms with van der Waals surface area (Å²) >= 11 is 0. The molecule has 2 aromatic carbocycles. The molecule has 0 fully saturated rings. The number of halogens is 1. The van der Waals surface area contributed by atoms with Crippen LogP contribution in [0.15, 0.2) is 48.5 Å². The van der Waals surface area contributed by atoms with Crippen molar-refractivity contribution >= 4 is 11.6 Å². The number of nitrogens with zero attached hydrogens (tertiary/aromatic N) is 1. The van der Waals surface area contributed by atoms with Crippen LogP contribution in [0.25, 0.3) is 0 Å². The Bertz CT molecular complexity index is 659. The molecule has 2 rings (SSSR count). The molecule has 1 amide bonds. The van der Waals surface area contributed by atoms with Gasteiger partial charge >= 0.3 is 0 Å². The Kier molecular flexibility index (Phi) is 6.61. The van der Waals surface area contributed by atoms with Gasteiger partial charge in [-0.05, 0) is 42.8 Å². The molecule has 1 N–H and O–H groups in total. The van der Waals surface area contributed by atoms with Crippen molar-refractivity contribution in [1.29, 1.82) is 0 Å². The van der Waals surface area contributed by atoms with Crippen LogP contribution in [0, 0.1) is 5.82 Å². The van der Waals surface area contributed by atoms with E-state index < -0.39 is 0 Å². The van der Waals surface area contributed by atoms with E-state index in [1.54, 1.807) is 24.0 Å². The first-order valence-electron chi connectivity index (χ1n) is 8.05. The maximum Gasteiger partial charge on any atom is 0.219 e. The Labute approximate surface area is 142 Å². The van der Waals surface area contributed by atoms with Crippen molar-refractivity contribution in [3.63, 3.8) is 0 Å². The van der Waals surface area contributed by atoms with Gasteiger partial charge in [-0.15, -0.1) is 0 Å². The minimum atomic E-state index is -0.277. The van der Waals surface area contributed by atoms with Gasteiger partial charge in [0.2, 0.25) is 5.91 Å². The molecule has 0 radical (unpaired) electrons. The number of hydrogen-bond acceptors (Lipinski definition) is 3. The predicted octanol–water partition coefficient (Wildman–Crippen LogP) is 3.69. The summed E-state index contributed by atoms with van der Waals surface area (Å²) in [5.74, 6) is 0.424. The van der Waals surface area contributed by atoms with E-state index in [0.29, 0.717) is 32.0 Å². The number of para-hydroxylation sites is 1. The second-order valence-electron chi connectivity index (χ2n) is 5.42. The van der Waals surface area contributed by atoms with Gasteiger partial charge in [-0.2, -0.15) is 0 Å². The van der Waals surface area contributed by atoms with E-state index in [1.807, 2.05) is 31.2 Å². The van der Waals surface area contributed by atoms with E-state index in [2.05, 4.69) is 5.32 Å². The molecule has 128 valence electrons. The molecule has 0 unspecified atom stereocenters. The van der Waals surface area contributed by atoms with Crippen molar-refractivity contribution < 1.29 is 13.9 Å². The predicted molar refractivity (Wildman–Crippen MR) is 93.6 cm³/mol. The molecule has 0 aromatic heterocycles. The molecule has 2 aromatic rings. The van der Waals surface area contributed by atoms with Crippen LogP contribution in [0.5, 0.6) is 5.75 Å². The van der Waals surface area contributed by atoms with Gasteiger partial charge in [0, 0.05) is 32.2 Å². The number of hydrogen-bond donors (Lipinski definition) is 1. The smallest absolute Gasteiger partial charge is 0.219 e. The summed E-state index contributed by atoms with van der Waals surface area (Å²) in [7, 11) is 0. The number of carbonyl (C=O) groups is 1. The van der Waals surface area contributed by atoms with Gasteiger partial charge in [0.05, 0.1) is 0 Å². The van der Waals surface area contributed by atoms with Crippen LogP contribution in [0.3, 0.4) is 0 Å². The maximum atomic E-state index is 12.8. The molecule has 0 saturated carbocycles. The number of amides is 1. The second-order valence-corrected chi connectivity index (χ2v) is 5.42. The van der Waals surface area contributed by atoms with Crippen LogP contribution in [-0.2, 0) is 11.3 Å². The minimum Gasteiger partial charge on any atom is -0.492 e. The van der Waals surface area contributed by atoms with E-state index in [1.165, 1.54) is 12.1 Å². The van der Waals surface area contributed by atoms with Crippen LogP contribution < -0.4 is 10.1 Å². The third kappa shape index (κ3) is 5.26. The van der Waals surface area contributed by atoms with Gasteiger partial charge in [-0.1, -0.05) is 18.2 Å². The average Bonchev–Trinajstić information content (AvgIpc) is 2.59. The van der Waals surface area contributed by atoms with Crippen molar-refractivity contribution in [1.82, 2.24) is 4.90 Å².